The van der Waals surface area contributed by atoms with Crippen molar-refractivity contribution in [1.29, 1.82) is 0 Å². The Kier molecular flexibility index (Phi) is 4.86. The van der Waals surface area contributed by atoms with E-state index >= 15 is 0 Å². The first-order valence-electron chi connectivity index (χ1n) is 4.26. The summed E-state index contributed by atoms with van der Waals surface area (Å²) in [6, 6.07) is 3.28. The number of halogens is 2. The Hall–Kier alpha value is 0.190. The fraction of sp³-hybridized carbons (Fsp3) is 0.500. The molecular formula is C8H11Cl2NO2S2. The lowest BCUT2D eigenvalue weighted by Gasteiger charge is -2.11. The molecule has 0 aliphatic carbocycles. The number of rotatable bonds is 5. The lowest BCUT2D eigenvalue weighted by Crippen LogP contribution is -2.29. The molecule has 0 spiro atoms. The average molecular weight is 288 g/mol. The predicted octanol–water partition coefficient (Wildman–Crippen LogP) is 2.62. The molecule has 1 heterocycles. The van der Waals surface area contributed by atoms with Crippen molar-refractivity contribution in [3.05, 3.63) is 21.3 Å². The highest BCUT2D eigenvalue weighted by molar-refractivity contribution is 7.89. The van der Waals surface area contributed by atoms with Crippen molar-refractivity contribution in [2.75, 3.05) is 11.6 Å². The zero-order valence-corrected chi connectivity index (χ0v) is 11.2. The van der Waals surface area contributed by atoms with Crippen LogP contribution in [0, 0.1) is 0 Å². The minimum Gasteiger partial charge on any atom is -0.212 e. The van der Waals surface area contributed by atoms with Crippen LogP contribution in [0.1, 0.15) is 17.8 Å². The fourth-order valence-electron chi connectivity index (χ4n) is 1.05. The predicted molar refractivity (Wildman–Crippen MR) is 65.4 cm³/mol. The fourth-order valence-corrected chi connectivity index (χ4v) is 3.78. The third kappa shape index (κ3) is 4.28. The molecule has 1 aromatic heterocycles. The molecule has 0 aliphatic heterocycles. The minimum absolute atomic E-state index is 0.0714. The number of nitrogens with one attached hydrogen (secondary N) is 1. The Morgan fingerprint density at radius 1 is 1.53 bits per heavy atom. The summed E-state index contributed by atoms with van der Waals surface area (Å²) in [5.74, 6) is 0.0191. The van der Waals surface area contributed by atoms with E-state index in [1.54, 1.807) is 19.1 Å². The van der Waals surface area contributed by atoms with E-state index in [0.717, 1.165) is 4.88 Å². The zero-order valence-electron chi connectivity index (χ0n) is 8.04. The Labute approximate surface area is 103 Å². The standard InChI is InChI=1S/C8H11Cl2NO2S2/c1-6(7-2-3-8(10)14-7)11-15(12,13)5-4-9/h2-3,6,11H,4-5H2,1H3. The van der Waals surface area contributed by atoms with E-state index in [4.69, 9.17) is 23.2 Å². The Bertz CT molecular complexity index is 416. The van der Waals surface area contributed by atoms with Gasteiger partial charge >= 0.3 is 0 Å². The van der Waals surface area contributed by atoms with E-state index in [0.29, 0.717) is 4.34 Å². The highest BCUT2D eigenvalue weighted by Gasteiger charge is 2.16. The van der Waals surface area contributed by atoms with E-state index in [9.17, 15) is 8.42 Å². The third-order valence-corrected chi connectivity index (χ3v) is 5.00. The molecule has 1 unspecified atom stereocenters. The normalized spacial score (nSPS) is 14.1. The summed E-state index contributed by atoms with van der Waals surface area (Å²) < 4.78 is 26.0. The van der Waals surface area contributed by atoms with Crippen LogP contribution in [0.2, 0.25) is 4.34 Å². The molecule has 0 aliphatic rings. The average Bonchev–Trinajstić information content (AvgIpc) is 2.50. The highest BCUT2D eigenvalue weighted by Crippen LogP contribution is 2.26. The van der Waals surface area contributed by atoms with Gasteiger partial charge in [-0.05, 0) is 19.1 Å². The molecule has 86 valence electrons. The van der Waals surface area contributed by atoms with Gasteiger partial charge in [-0.1, -0.05) is 11.6 Å². The molecule has 15 heavy (non-hydrogen) atoms. The van der Waals surface area contributed by atoms with Gasteiger partial charge in [-0.25, -0.2) is 13.1 Å². The molecule has 1 atom stereocenters. The first-order chi connectivity index (χ1) is 6.94. The number of hydrogen-bond acceptors (Lipinski definition) is 3. The second-order valence-electron chi connectivity index (χ2n) is 2.99. The van der Waals surface area contributed by atoms with Crippen molar-refractivity contribution in [2.45, 2.75) is 13.0 Å². The number of sulfonamides is 1. The molecule has 0 saturated heterocycles. The van der Waals surface area contributed by atoms with E-state index in [2.05, 4.69) is 4.72 Å². The van der Waals surface area contributed by atoms with Crippen molar-refractivity contribution in [2.24, 2.45) is 0 Å². The Morgan fingerprint density at radius 2 is 2.20 bits per heavy atom. The largest absolute Gasteiger partial charge is 0.213 e. The summed E-state index contributed by atoms with van der Waals surface area (Å²) in [6.45, 7) is 1.77. The maximum atomic E-state index is 11.4. The van der Waals surface area contributed by atoms with Crippen LogP contribution in [0.25, 0.3) is 0 Å². The monoisotopic (exact) mass is 287 g/mol. The van der Waals surface area contributed by atoms with Crippen LogP contribution in [-0.4, -0.2) is 20.1 Å². The topological polar surface area (TPSA) is 46.2 Å². The summed E-state index contributed by atoms with van der Waals surface area (Å²) in [7, 11) is -3.29. The van der Waals surface area contributed by atoms with Crippen LogP contribution in [0.3, 0.4) is 0 Å². The minimum atomic E-state index is -3.29. The summed E-state index contributed by atoms with van der Waals surface area (Å²) in [4.78, 5) is 0.887. The van der Waals surface area contributed by atoms with E-state index in [-0.39, 0.29) is 17.7 Å². The van der Waals surface area contributed by atoms with E-state index in [1.165, 1.54) is 11.3 Å². The maximum absolute atomic E-state index is 11.4. The van der Waals surface area contributed by atoms with Crippen molar-refractivity contribution in [3.63, 3.8) is 0 Å². The summed E-state index contributed by atoms with van der Waals surface area (Å²) >= 11 is 12.5. The van der Waals surface area contributed by atoms with Crippen molar-refractivity contribution >= 4 is 44.6 Å². The molecular weight excluding hydrogens is 277 g/mol. The molecule has 1 rings (SSSR count). The third-order valence-electron chi connectivity index (χ3n) is 1.72. The van der Waals surface area contributed by atoms with Gasteiger partial charge in [-0.2, -0.15) is 0 Å². The van der Waals surface area contributed by atoms with Crippen molar-refractivity contribution in [1.82, 2.24) is 4.72 Å². The highest BCUT2D eigenvalue weighted by atomic mass is 35.5. The van der Waals surface area contributed by atoms with Crippen LogP contribution in [0.15, 0.2) is 12.1 Å². The van der Waals surface area contributed by atoms with E-state index in [1.807, 2.05) is 0 Å². The van der Waals surface area contributed by atoms with Crippen LogP contribution in [-0.2, 0) is 10.0 Å². The lowest BCUT2D eigenvalue weighted by molar-refractivity contribution is 0.570. The van der Waals surface area contributed by atoms with Gasteiger partial charge in [0.15, 0.2) is 0 Å². The second-order valence-corrected chi connectivity index (χ2v) is 6.99. The smallest absolute Gasteiger partial charge is 0.212 e. The van der Waals surface area contributed by atoms with Gasteiger partial charge in [-0.3, -0.25) is 0 Å². The van der Waals surface area contributed by atoms with E-state index < -0.39 is 10.0 Å². The number of hydrogen-bond donors (Lipinski definition) is 1. The number of alkyl halides is 1. The van der Waals surface area contributed by atoms with Crippen molar-refractivity contribution < 1.29 is 8.42 Å². The Morgan fingerprint density at radius 3 is 2.67 bits per heavy atom. The summed E-state index contributed by atoms with van der Waals surface area (Å²) in [5, 5.41) is 0. The molecule has 0 saturated carbocycles. The maximum Gasteiger partial charge on any atom is 0.213 e. The number of thiophene rings is 1. The molecule has 0 amide bonds. The molecule has 1 aromatic rings. The molecule has 0 bridgehead atoms. The lowest BCUT2D eigenvalue weighted by atomic mass is 10.3. The second kappa shape index (κ2) is 5.50. The zero-order chi connectivity index (χ0) is 11.5. The van der Waals surface area contributed by atoms with Crippen LogP contribution < -0.4 is 4.72 Å². The first-order valence-corrected chi connectivity index (χ1v) is 7.64. The first kappa shape index (κ1) is 13.3. The summed E-state index contributed by atoms with van der Waals surface area (Å²) in [6.07, 6.45) is 0. The molecule has 1 N–H and O–H groups in total. The van der Waals surface area contributed by atoms with Gasteiger partial charge in [0.05, 0.1) is 16.1 Å². The van der Waals surface area contributed by atoms with Crippen LogP contribution >= 0.6 is 34.5 Å². The van der Waals surface area contributed by atoms with Crippen LogP contribution in [0.4, 0.5) is 0 Å². The molecule has 3 nitrogen and oxygen atoms in total. The molecule has 0 fully saturated rings. The van der Waals surface area contributed by atoms with Gasteiger partial charge in [0.2, 0.25) is 10.0 Å². The quantitative estimate of drug-likeness (QED) is 0.847. The molecule has 7 heteroatoms. The van der Waals surface area contributed by atoms with Gasteiger partial charge in [-0.15, -0.1) is 22.9 Å². The van der Waals surface area contributed by atoms with Gasteiger partial charge in [0.1, 0.15) is 0 Å². The van der Waals surface area contributed by atoms with Gasteiger partial charge < -0.3 is 0 Å². The van der Waals surface area contributed by atoms with Gasteiger partial charge in [0, 0.05) is 10.8 Å². The molecule has 0 radical (unpaired) electrons. The van der Waals surface area contributed by atoms with Crippen LogP contribution in [0.5, 0.6) is 0 Å². The SMILES string of the molecule is CC(NS(=O)(=O)CCCl)c1ccc(Cl)s1. The van der Waals surface area contributed by atoms with Crippen molar-refractivity contribution in [3.8, 4) is 0 Å². The summed E-state index contributed by atoms with van der Waals surface area (Å²) in [5.41, 5.74) is 0. The molecule has 0 aromatic carbocycles. The Balaban J connectivity index is 2.67. The van der Waals surface area contributed by atoms with Gasteiger partial charge in [0.25, 0.3) is 0 Å².